The molecule has 0 aromatic heterocycles. The molecule has 0 radical (unpaired) electrons. The smallest absolute Gasteiger partial charge is 0.229 e. The van der Waals surface area contributed by atoms with E-state index in [0.717, 1.165) is 0 Å². The van der Waals surface area contributed by atoms with Gasteiger partial charge in [0.1, 0.15) is 5.82 Å². The molecule has 1 aliphatic rings. The third-order valence-corrected chi connectivity index (χ3v) is 2.90. The molecule has 2 rings (SSSR count). The summed E-state index contributed by atoms with van der Waals surface area (Å²) in [5.41, 5.74) is 5.85. The Morgan fingerprint density at radius 1 is 1.50 bits per heavy atom. The number of nitrogens with one attached hydrogen (secondary N) is 2. The second-order valence-corrected chi connectivity index (χ2v) is 4.27. The van der Waals surface area contributed by atoms with Gasteiger partial charge in [-0.05, 0) is 24.6 Å². The van der Waals surface area contributed by atoms with Gasteiger partial charge in [0.15, 0.2) is 0 Å². The van der Waals surface area contributed by atoms with Crippen LogP contribution in [-0.4, -0.2) is 18.4 Å². The molecule has 1 unspecified atom stereocenters. The second-order valence-electron chi connectivity index (χ2n) is 4.27. The lowest BCUT2D eigenvalue weighted by molar-refractivity contribution is -0.126. The molecule has 0 spiro atoms. The van der Waals surface area contributed by atoms with Gasteiger partial charge in [0.25, 0.3) is 0 Å². The van der Waals surface area contributed by atoms with Crippen molar-refractivity contribution in [1.82, 2.24) is 5.32 Å². The van der Waals surface area contributed by atoms with Crippen LogP contribution >= 0.6 is 0 Å². The zero-order valence-electron chi connectivity index (χ0n) is 9.70. The normalized spacial score (nSPS) is 19.2. The number of nitrogen functional groups attached to an aromatic ring is 1. The van der Waals surface area contributed by atoms with Crippen molar-refractivity contribution in [3.05, 3.63) is 24.0 Å². The summed E-state index contributed by atoms with van der Waals surface area (Å²) in [5, 5.41) is 5.29. The molecule has 0 aliphatic carbocycles. The van der Waals surface area contributed by atoms with E-state index in [1.165, 1.54) is 18.2 Å². The highest BCUT2D eigenvalue weighted by Gasteiger charge is 2.24. The van der Waals surface area contributed by atoms with Gasteiger partial charge in [0.05, 0.1) is 11.6 Å². The van der Waals surface area contributed by atoms with Crippen LogP contribution in [0.25, 0.3) is 0 Å². The minimum atomic E-state index is -0.516. The SMILES string of the molecule is Nc1cc(NC(=O)C2CCC(=O)NC2)ccc1F. The van der Waals surface area contributed by atoms with Crippen LogP contribution in [0.2, 0.25) is 0 Å². The van der Waals surface area contributed by atoms with E-state index < -0.39 is 5.82 Å². The molecule has 96 valence electrons. The van der Waals surface area contributed by atoms with Crippen LogP contribution in [0.1, 0.15) is 12.8 Å². The van der Waals surface area contributed by atoms with Crippen molar-refractivity contribution in [2.24, 2.45) is 5.92 Å². The highest BCUT2D eigenvalue weighted by molar-refractivity contribution is 5.94. The number of rotatable bonds is 2. The molecule has 1 aromatic carbocycles. The number of nitrogens with two attached hydrogens (primary N) is 1. The first-order valence-electron chi connectivity index (χ1n) is 5.69. The van der Waals surface area contributed by atoms with Gasteiger partial charge >= 0.3 is 0 Å². The minimum Gasteiger partial charge on any atom is -0.396 e. The van der Waals surface area contributed by atoms with E-state index in [4.69, 9.17) is 5.73 Å². The maximum Gasteiger partial charge on any atom is 0.229 e. The van der Waals surface area contributed by atoms with Gasteiger partial charge in [0, 0.05) is 18.7 Å². The Morgan fingerprint density at radius 3 is 2.89 bits per heavy atom. The molecule has 1 saturated heterocycles. The number of amides is 2. The molecule has 1 atom stereocenters. The average Bonchev–Trinajstić information content (AvgIpc) is 2.34. The molecule has 1 aliphatic heterocycles. The summed E-state index contributed by atoms with van der Waals surface area (Å²) < 4.78 is 12.9. The monoisotopic (exact) mass is 251 g/mol. The van der Waals surface area contributed by atoms with E-state index in [0.29, 0.717) is 25.1 Å². The number of hydrogen-bond donors (Lipinski definition) is 3. The average molecular weight is 251 g/mol. The third kappa shape index (κ3) is 2.77. The molecule has 1 fully saturated rings. The van der Waals surface area contributed by atoms with E-state index in [1.54, 1.807) is 0 Å². The fourth-order valence-electron chi connectivity index (χ4n) is 1.82. The molecular formula is C12H14FN3O2. The maximum atomic E-state index is 12.9. The molecular weight excluding hydrogens is 237 g/mol. The van der Waals surface area contributed by atoms with Crippen LogP contribution in [0.4, 0.5) is 15.8 Å². The summed E-state index contributed by atoms with van der Waals surface area (Å²) in [6.45, 7) is 0.335. The van der Waals surface area contributed by atoms with Crippen molar-refractivity contribution in [2.45, 2.75) is 12.8 Å². The van der Waals surface area contributed by atoms with Crippen molar-refractivity contribution in [2.75, 3.05) is 17.6 Å². The lowest BCUT2D eigenvalue weighted by Crippen LogP contribution is -2.40. The van der Waals surface area contributed by atoms with Crippen molar-refractivity contribution < 1.29 is 14.0 Å². The van der Waals surface area contributed by atoms with Crippen LogP contribution in [0, 0.1) is 11.7 Å². The van der Waals surface area contributed by atoms with Crippen molar-refractivity contribution in [1.29, 1.82) is 0 Å². The summed E-state index contributed by atoms with van der Waals surface area (Å²) in [4.78, 5) is 22.8. The van der Waals surface area contributed by atoms with E-state index in [2.05, 4.69) is 10.6 Å². The van der Waals surface area contributed by atoms with Crippen LogP contribution < -0.4 is 16.4 Å². The highest BCUT2D eigenvalue weighted by atomic mass is 19.1. The Balaban J connectivity index is 1.98. The zero-order valence-corrected chi connectivity index (χ0v) is 9.70. The van der Waals surface area contributed by atoms with Crippen LogP contribution in [0.15, 0.2) is 18.2 Å². The highest BCUT2D eigenvalue weighted by Crippen LogP contribution is 2.18. The van der Waals surface area contributed by atoms with Gasteiger partial charge in [-0.3, -0.25) is 9.59 Å². The number of benzene rings is 1. The zero-order chi connectivity index (χ0) is 13.1. The molecule has 0 saturated carbocycles. The van der Waals surface area contributed by atoms with Crippen LogP contribution in [-0.2, 0) is 9.59 Å². The van der Waals surface area contributed by atoms with Gasteiger partial charge in [-0.25, -0.2) is 4.39 Å². The first-order chi connectivity index (χ1) is 8.56. The van der Waals surface area contributed by atoms with E-state index >= 15 is 0 Å². The Bertz CT molecular complexity index is 480. The summed E-state index contributed by atoms with van der Waals surface area (Å²) in [6.07, 6.45) is 0.873. The van der Waals surface area contributed by atoms with Gasteiger partial charge in [-0.15, -0.1) is 0 Å². The number of halogens is 1. The molecule has 1 aromatic rings. The van der Waals surface area contributed by atoms with Crippen molar-refractivity contribution >= 4 is 23.2 Å². The van der Waals surface area contributed by atoms with E-state index in [-0.39, 0.29) is 23.4 Å². The Hall–Kier alpha value is -2.11. The Morgan fingerprint density at radius 2 is 2.28 bits per heavy atom. The topological polar surface area (TPSA) is 84.2 Å². The van der Waals surface area contributed by atoms with Gasteiger partial charge < -0.3 is 16.4 Å². The largest absolute Gasteiger partial charge is 0.396 e. The maximum absolute atomic E-state index is 12.9. The summed E-state index contributed by atoms with van der Waals surface area (Å²) >= 11 is 0. The number of hydrogen-bond acceptors (Lipinski definition) is 3. The molecule has 6 heteroatoms. The lowest BCUT2D eigenvalue weighted by Gasteiger charge is -2.21. The predicted molar refractivity (Wildman–Crippen MR) is 65.2 cm³/mol. The fourth-order valence-corrected chi connectivity index (χ4v) is 1.82. The molecule has 0 bridgehead atoms. The van der Waals surface area contributed by atoms with E-state index in [9.17, 15) is 14.0 Å². The fraction of sp³-hybridized carbons (Fsp3) is 0.333. The van der Waals surface area contributed by atoms with Crippen LogP contribution in [0.3, 0.4) is 0 Å². The molecule has 1 heterocycles. The van der Waals surface area contributed by atoms with Crippen molar-refractivity contribution in [3.63, 3.8) is 0 Å². The lowest BCUT2D eigenvalue weighted by atomic mass is 9.98. The molecule has 5 nitrogen and oxygen atoms in total. The molecule has 2 amide bonds. The van der Waals surface area contributed by atoms with Gasteiger partial charge in [0.2, 0.25) is 11.8 Å². The first-order valence-corrected chi connectivity index (χ1v) is 5.69. The minimum absolute atomic E-state index is 0.00949. The number of anilines is 2. The summed E-state index contributed by atoms with van der Waals surface area (Å²) in [6, 6.07) is 4.02. The number of carbonyl (C=O) groups excluding carboxylic acids is 2. The van der Waals surface area contributed by atoms with Gasteiger partial charge in [-0.1, -0.05) is 0 Å². The summed E-state index contributed by atoms with van der Waals surface area (Å²) in [7, 11) is 0. The summed E-state index contributed by atoms with van der Waals surface area (Å²) in [5.74, 6) is -1.00. The van der Waals surface area contributed by atoms with Crippen LogP contribution in [0.5, 0.6) is 0 Å². The predicted octanol–water partition coefficient (Wildman–Crippen LogP) is 0.873. The van der Waals surface area contributed by atoms with E-state index in [1.807, 2.05) is 0 Å². The molecule has 18 heavy (non-hydrogen) atoms. The Kier molecular flexibility index (Phi) is 3.45. The second kappa shape index (κ2) is 5.03. The number of carbonyl (C=O) groups is 2. The van der Waals surface area contributed by atoms with Gasteiger partial charge in [-0.2, -0.15) is 0 Å². The Labute approximate surface area is 104 Å². The first kappa shape index (κ1) is 12.3. The van der Waals surface area contributed by atoms with Crippen molar-refractivity contribution in [3.8, 4) is 0 Å². The third-order valence-electron chi connectivity index (χ3n) is 2.90. The molecule has 4 N–H and O–H groups in total. The standard InChI is InChI=1S/C12H14FN3O2/c13-9-3-2-8(5-10(9)14)16-12(18)7-1-4-11(17)15-6-7/h2-3,5,7H,1,4,6,14H2,(H,15,17)(H,16,18). The number of piperidine rings is 1. The quantitative estimate of drug-likeness (QED) is 0.682.